The Bertz CT molecular complexity index is 1500. The van der Waals surface area contributed by atoms with Crippen LogP contribution >= 0.6 is 0 Å². The van der Waals surface area contributed by atoms with Gasteiger partial charge in [0, 0.05) is 29.0 Å². The van der Waals surface area contributed by atoms with Crippen LogP contribution in [0.2, 0.25) is 0 Å². The molecule has 5 aromatic carbocycles. The lowest BCUT2D eigenvalue weighted by atomic mass is 9.35. The van der Waals surface area contributed by atoms with Crippen LogP contribution in [0.3, 0.4) is 0 Å². The SMILES string of the molecule is Cc1ccc2c(c1)Oc1cc(N(c3ccccc3)c3ccccc3)cc3c1B2c1ccc(C)cc1O3. The van der Waals surface area contributed by atoms with E-state index in [1.807, 2.05) is 12.1 Å². The van der Waals surface area contributed by atoms with Crippen LogP contribution < -0.4 is 30.8 Å². The van der Waals surface area contributed by atoms with Gasteiger partial charge in [-0.1, -0.05) is 60.7 Å². The first-order valence-corrected chi connectivity index (χ1v) is 12.3. The first-order valence-electron chi connectivity index (χ1n) is 12.3. The molecule has 2 heterocycles. The molecule has 0 saturated heterocycles. The van der Waals surface area contributed by atoms with Crippen LogP contribution in [0.4, 0.5) is 17.1 Å². The summed E-state index contributed by atoms with van der Waals surface area (Å²) in [5.41, 5.74) is 8.95. The Kier molecular flexibility index (Phi) is 4.68. The maximum Gasteiger partial charge on any atom is 0.260 e. The van der Waals surface area contributed by atoms with E-state index in [-0.39, 0.29) is 6.71 Å². The summed E-state index contributed by atoms with van der Waals surface area (Å²) in [6, 6.07) is 38.1. The lowest BCUT2D eigenvalue weighted by Crippen LogP contribution is -2.57. The smallest absolute Gasteiger partial charge is 0.260 e. The van der Waals surface area contributed by atoms with Crippen molar-refractivity contribution in [3.63, 3.8) is 0 Å². The maximum absolute atomic E-state index is 6.60. The quantitative estimate of drug-likeness (QED) is 0.278. The van der Waals surface area contributed by atoms with Crippen molar-refractivity contribution in [2.75, 3.05) is 4.90 Å². The highest BCUT2D eigenvalue weighted by Gasteiger charge is 2.40. The third kappa shape index (κ3) is 3.29. The fraction of sp³-hybridized carbons (Fsp3) is 0.0625. The van der Waals surface area contributed by atoms with E-state index in [4.69, 9.17) is 9.47 Å². The number of para-hydroxylation sites is 2. The van der Waals surface area contributed by atoms with Crippen molar-refractivity contribution in [1.82, 2.24) is 0 Å². The minimum atomic E-state index is 0.0691. The summed E-state index contributed by atoms with van der Waals surface area (Å²) in [5.74, 6) is 3.51. The predicted molar refractivity (Wildman–Crippen MR) is 148 cm³/mol. The molecule has 0 aliphatic carbocycles. The van der Waals surface area contributed by atoms with Crippen molar-refractivity contribution in [2.24, 2.45) is 0 Å². The van der Waals surface area contributed by atoms with Crippen molar-refractivity contribution < 1.29 is 9.47 Å². The van der Waals surface area contributed by atoms with Gasteiger partial charge in [-0.15, -0.1) is 0 Å². The van der Waals surface area contributed by atoms with E-state index in [1.54, 1.807) is 0 Å². The van der Waals surface area contributed by atoms with Gasteiger partial charge >= 0.3 is 0 Å². The maximum atomic E-state index is 6.60. The molecule has 5 aromatic rings. The van der Waals surface area contributed by atoms with Crippen LogP contribution in [0, 0.1) is 13.8 Å². The number of benzene rings is 5. The molecule has 4 heteroatoms. The molecule has 0 amide bonds. The third-order valence-corrected chi connectivity index (χ3v) is 7.06. The van der Waals surface area contributed by atoms with Gasteiger partial charge < -0.3 is 14.4 Å². The van der Waals surface area contributed by atoms with E-state index in [9.17, 15) is 0 Å². The van der Waals surface area contributed by atoms with Crippen LogP contribution in [-0.2, 0) is 0 Å². The van der Waals surface area contributed by atoms with Crippen molar-refractivity contribution in [3.8, 4) is 23.0 Å². The molecule has 0 N–H and O–H groups in total. The number of nitrogens with zero attached hydrogens (tertiary/aromatic N) is 1. The minimum Gasteiger partial charge on any atom is -0.458 e. The molecule has 0 spiro atoms. The fourth-order valence-electron chi connectivity index (χ4n) is 5.42. The van der Waals surface area contributed by atoms with Gasteiger partial charge in [0.1, 0.15) is 23.0 Å². The Morgan fingerprint density at radius 1 is 0.500 bits per heavy atom. The molecule has 0 unspecified atom stereocenters. The molecule has 2 aliphatic heterocycles. The summed E-state index contributed by atoms with van der Waals surface area (Å²) < 4.78 is 13.2. The van der Waals surface area contributed by atoms with Gasteiger partial charge in [0.15, 0.2) is 0 Å². The predicted octanol–water partition coefficient (Wildman–Crippen LogP) is 6.50. The van der Waals surface area contributed by atoms with Gasteiger partial charge in [-0.05, 0) is 72.3 Å². The number of fused-ring (bicyclic) bond motifs is 4. The Balaban J connectivity index is 1.48. The van der Waals surface area contributed by atoms with Crippen molar-refractivity contribution in [1.29, 1.82) is 0 Å². The molecule has 2 aliphatic rings. The average Bonchev–Trinajstić information content (AvgIpc) is 2.89. The summed E-state index contributed by atoms with van der Waals surface area (Å²) in [7, 11) is 0. The number of hydrogen-bond acceptors (Lipinski definition) is 3. The highest BCUT2D eigenvalue weighted by Crippen LogP contribution is 2.42. The van der Waals surface area contributed by atoms with E-state index < -0.39 is 0 Å². The second-order valence-electron chi connectivity index (χ2n) is 9.58. The molecule has 36 heavy (non-hydrogen) atoms. The van der Waals surface area contributed by atoms with E-state index in [0.29, 0.717) is 0 Å². The Hall–Kier alpha value is -4.44. The van der Waals surface area contributed by atoms with Gasteiger partial charge in [0.25, 0.3) is 6.71 Å². The number of rotatable bonds is 3. The van der Waals surface area contributed by atoms with Gasteiger partial charge in [-0.25, -0.2) is 0 Å². The normalized spacial score (nSPS) is 12.6. The minimum absolute atomic E-state index is 0.0691. The number of aryl methyl sites for hydroxylation is 2. The summed E-state index contributed by atoms with van der Waals surface area (Å²) >= 11 is 0. The molecule has 7 rings (SSSR count). The first-order chi connectivity index (χ1) is 17.7. The molecule has 3 nitrogen and oxygen atoms in total. The second-order valence-corrected chi connectivity index (χ2v) is 9.58. The zero-order valence-corrected chi connectivity index (χ0v) is 20.2. The monoisotopic (exact) mass is 465 g/mol. The lowest BCUT2D eigenvalue weighted by molar-refractivity contribution is 0.464. The largest absolute Gasteiger partial charge is 0.458 e. The van der Waals surface area contributed by atoms with E-state index in [0.717, 1.165) is 45.5 Å². The molecular weight excluding hydrogens is 441 g/mol. The molecule has 0 fully saturated rings. The van der Waals surface area contributed by atoms with Crippen molar-refractivity contribution in [2.45, 2.75) is 13.8 Å². The molecule has 172 valence electrons. The standard InChI is InChI=1S/C32H24BNO2/c1-21-13-15-26-28(17-21)35-30-19-25(34(23-9-5-3-6-10-23)24-11-7-4-8-12-24)20-31-32(30)33(26)27-16-14-22(2)18-29(27)36-31/h3-20H,1-2H3. The van der Waals surface area contributed by atoms with Crippen LogP contribution in [0.25, 0.3) is 0 Å². The third-order valence-electron chi connectivity index (χ3n) is 7.06. The zero-order chi connectivity index (χ0) is 24.2. The van der Waals surface area contributed by atoms with E-state index >= 15 is 0 Å². The summed E-state index contributed by atoms with van der Waals surface area (Å²) in [5, 5.41) is 0. The molecule has 0 bridgehead atoms. The molecule has 0 saturated carbocycles. The fourth-order valence-corrected chi connectivity index (χ4v) is 5.42. The molecule has 0 radical (unpaired) electrons. The number of anilines is 3. The van der Waals surface area contributed by atoms with Crippen LogP contribution in [0.1, 0.15) is 11.1 Å². The van der Waals surface area contributed by atoms with Crippen LogP contribution in [0.15, 0.2) is 109 Å². The van der Waals surface area contributed by atoms with Gasteiger partial charge in [-0.3, -0.25) is 0 Å². The topological polar surface area (TPSA) is 21.7 Å². The highest BCUT2D eigenvalue weighted by molar-refractivity contribution is 6.98. The molecule has 0 atom stereocenters. The van der Waals surface area contributed by atoms with Crippen LogP contribution in [-0.4, -0.2) is 6.71 Å². The van der Waals surface area contributed by atoms with E-state index in [1.165, 1.54) is 22.1 Å². The summed E-state index contributed by atoms with van der Waals surface area (Å²) in [4.78, 5) is 2.25. The summed E-state index contributed by atoms with van der Waals surface area (Å²) in [6.45, 7) is 4.28. The van der Waals surface area contributed by atoms with Crippen LogP contribution in [0.5, 0.6) is 23.0 Å². The number of ether oxygens (including phenoxy) is 2. The number of hydrogen-bond donors (Lipinski definition) is 0. The Morgan fingerprint density at radius 3 is 1.44 bits per heavy atom. The summed E-state index contributed by atoms with van der Waals surface area (Å²) in [6.07, 6.45) is 0. The van der Waals surface area contributed by atoms with Gasteiger partial charge in [0.2, 0.25) is 0 Å². The molecular formula is C32H24BNO2. The average molecular weight is 465 g/mol. The van der Waals surface area contributed by atoms with E-state index in [2.05, 4.69) is 116 Å². The van der Waals surface area contributed by atoms with Gasteiger partial charge in [0.05, 0.1) is 5.69 Å². The Labute approximate surface area is 211 Å². The zero-order valence-electron chi connectivity index (χ0n) is 20.2. The highest BCUT2D eigenvalue weighted by atomic mass is 16.5. The molecule has 0 aromatic heterocycles. The second kappa shape index (κ2) is 8.06. The van der Waals surface area contributed by atoms with Crippen molar-refractivity contribution >= 4 is 40.2 Å². The lowest BCUT2D eigenvalue weighted by Gasteiger charge is -2.35. The Morgan fingerprint density at radius 2 is 0.972 bits per heavy atom. The first kappa shape index (κ1) is 20.9. The van der Waals surface area contributed by atoms with Gasteiger partial charge in [-0.2, -0.15) is 0 Å². The van der Waals surface area contributed by atoms with Crippen molar-refractivity contribution in [3.05, 3.63) is 120 Å².